The van der Waals surface area contributed by atoms with Crippen molar-refractivity contribution < 1.29 is 14.3 Å². The van der Waals surface area contributed by atoms with Gasteiger partial charge in [0.1, 0.15) is 11.4 Å². The smallest absolute Gasteiger partial charge is 0.337 e. The van der Waals surface area contributed by atoms with E-state index in [2.05, 4.69) is 39.2 Å². The van der Waals surface area contributed by atoms with Gasteiger partial charge in [-0.25, -0.2) is 23.7 Å². The summed E-state index contributed by atoms with van der Waals surface area (Å²) in [5, 5.41) is 13.4. The number of fused-ring (bicyclic) bond motifs is 1. The minimum Gasteiger partial charge on any atom is -0.396 e. The zero-order valence-electron chi connectivity index (χ0n) is 27.2. The summed E-state index contributed by atoms with van der Waals surface area (Å²) in [7, 11) is 1.97. The van der Waals surface area contributed by atoms with Crippen LogP contribution in [-0.4, -0.2) is 78.4 Å². The third kappa shape index (κ3) is 5.19. The number of pyridine rings is 1. The Bertz CT molecular complexity index is 1990. The Hall–Kier alpha value is -4.19. The number of aromatic nitrogens is 3. The van der Waals surface area contributed by atoms with Gasteiger partial charge in [-0.1, -0.05) is 36.4 Å². The minimum atomic E-state index is -0.639. The third-order valence-electron chi connectivity index (χ3n) is 11.3. The van der Waals surface area contributed by atoms with E-state index in [4.69, 9.17) is 0 Å². The van der Waals surface area contributed by atoms with Crippen LogP contribution in [0.3, 0.4) is 0 Å². The first-order chi connectivity index (χ1) is 23.3. The molecular weight excluding hydrogens is 611 g/mol. The van der Waals surface area contributed by atoms with E-state index in [1.54, 1.807) is 0 Å². The Morgan fingerprint density at radius 2 is 1.60 bits per heavy atom. The number of benzene rings is 2. The molecule has 11 heteroatoms. The van der Waals surface area contributed by atoms with E-state index in [0.717, 1.165) is 62.6 Å². The first kappa shape index (κ1) is 31.1. The number of aliphatic hydroxyl groups is 1. The van der Waals surface area contributed by atoms with Crippen molar-refractivity contribution in [3.63, 3.8) is 0 Å². The van der Waals surface area contributed by atoms with Crippen molar-refractivity contribution in [2.24, 2.45) is 5.92 Å². The monoisotopic (exact) mass is 652 g/mol. The number of amides is 1. The van der Waals surface area contributed by atoms with Crippen LogP contribution in [0.4, 0.5) is 4.39 Å². The second kappa shape index (κ2) is 12.0. The highest BCUT2D eigenvalue weighted by Gasteiger charge is 2.66. The van der Waals surface area contributed by atoms with E-state index in [1.165, 1.54) is 20.8 Å². The van der Waals surface area contributed by atoms with Crippen molar-refractivity contribution in [1.82, 2.24) is 29.0 Å². The maximum atomic E-state index is 14.5. The van der Waals surface area contributed by atoms with Gasteiger partial charge in [0.15, 0.2) is 5.65 Å². The van der Waals surface area contributed by atoms with Gasteiger partial charge in [0.25, 0.3) is 11.5 Å². The Morgan fingerprint density at radius 3 is 2.27 bits per heavy atom. The van der Waals surface area contributed by atoms with Crippen LogP contribution in [0.5, 0.6) is 0 Å². The Balaban J connectivity index is 1.08. The van der Waals surface area contributed by atoms with Crippen LogP contribution < -0.4 is 11.2 Å². The maximum absolute atomic E-state index is 14.5. The topological polar surface area (TPSA) is 104 Å². The van der Waals surface area contributed by atoms with Crippen molar-refractivity contribution >= 4 is 16.9 Å². The number of hydrogen-bond donors (Lipinski definition) is 1. The van der Waals surface area contributed by atoms with Gasteiger partial charge < -0.3 is 5.11 Å². The molecule has 0 unspecified atom stereocenters. The van der Waals surface area contributed by atoms with Crippen LogP contribution in [-0.2, 0) is 11.3 Å². The summed E-state index contributed by atoms with van der Waals surface area (Å²) in [6.45, 7) is 3.08. The molecule has 2 saturated carbocycles. The third-order valence-corrected chi connectivity index (χ3v) is 11.3. The molecule has 4 heterocycles. The summed E-state index contributed by atoms with van der Waals surface area (Å²) < 4.78 is 17.2. The summed E-state index contributed by atoms with van der Waals surface area (Å²) in [6.07, 6.45) is 7.35. The molecule has 10 nitrogen and oxygen atoms in total. The number of aliphatic hydroxyl groups excluding tert-OH is 1. The Kier molecular flexibility index (Phi) is 7.81. The highest BCUT2D eigenvalue weighted by atomic mass is 19.1. The number of likely N-dealkylation sites (N-methyl/N-ethyl adjacent to an activating group) is 1. The maximum Gasteiger partial charge on any atom is 0.337 e. The summed E-state index contributed by atoms with van der Waals surface area (Å²) in [6, 6.07) is 16.8. The number of hydrazine groups is 1. The number of hydrogen-bond acceptors (Lipinski definition) is 7. The lowest BCUT2D eigenvalue weighted by molar-refractivity contribution is -0.207. The van der Waals surface area contributed by atoms with E-state index in [0.29, 0.717) is 37.3 Å². The average Bonchev–Trinajstić information content (AvgIpc) is 3.95. The standard InChI is InChI=1S/C37H41FN6O4/c1-40-37(15-16-37)35(47)44(40)30-11-9-29(10-12-30)43-34(46)32-20-28(38)21-39-33(32)42(36(43)48)31-4-2-3-27(19-31)26-7-5-24(6-8-26)22-41-17-13-25(23-45)14-18-41/h2-8,19-21,25,29-30,45H,9-18,22-23H2,1H3. The summed E-state index contributed by atoms with van der Waals surface area (Å²) in [5.74, 6) is -0.0444. The number of likely N-dealkylation sites (tertiary alicyclic amines) is 1. The molecule has 250 valence electrons. The van der Waals surface area contributed by atoms with Crippen LogP contribution in [0, 0.1) is 11.7 Å². The average molecular weight is 653 g/mol. The zero-order valence-corrected chi connectivity index (χ0v) is 27.2. The Morgan fingerprint density at radius 1 is 0.896 bits per heavy atom. The molecule has 4 aliphatic rings. The van der Waals surface area contributed by atoms with Crippen molar-refractivity contribution in [1.29, 1.82) is 0 Å². The minimum absolute atomic E-state index is 0.0454. The molecule has 0 atom stereocenters. The lowest BCUT2D eigenvalue weighted by atomic mass is 9.89. The molecule has 48 heavy (non-hydrogen) atoms. The predicted molar refractivity (Wildman–Crippen MR) is 180 cm³/mol. The molecule has 2 saturated heterocycles. The van der Waals surface area contributed by atoms with Crippen LogP contribution in [0.1, 0.15) is 63.0 Å². The lowest BCUT2D eigenvalue weighted by Gasteiger charge is -2.53. The number of piperidine rings is 1. The van der Waals surface area contributed by atoms with E-state index in [9.17, 15) is 23.9 Å². The predicted octanol–water partition coefficient (Wildman–Crippen LogP) is 4.26. The molecule has 1 spiro atoms. The number of rotatable bonds is 7. The van der Waals surface area contributed by atoms with Crippen molar-refractivity contribution in [3.05, 3.63) is 93.0 Å². The second-order valence-electron chi connectivity index (χ2n) is 14.1. The van der Waals surface area contributed by atoms with Gasteiger partial charge >= 0.3 is 5.69 Å². The molecule has 1 amide bonds. The molecule has 2 aromatic heterocycles. The second-order valence-corrected chi connectivity index (χ2v) is 14.1. The van der Waals surface area contributed by atoms with Crippen molar-refractivity contribution in [3.8, 4) is 16.8 Å². The SMILES string of the molecule is CN1N(C2CCC(n3c(=O)c4cc(F)cnc4n(-c4cccc(-c5ccc(CN6CCC(CO)CC6)cc5)c4)c3=O)CC2)C(=O)C12CC2. The first-order valence-electron chi connectivity index (χ1n) is 17.2. The molecule has 8 rings (SSSR count). The van der Waals surface area contributed by atoms with E-state index in [1.807, 2.05) is 36.3 Å². The molecule has 1 N–H and O–H groups in total. The van der Waals surface area contributed by atoms with E-state index >= 15 is 0 Å². The van der Waals surface area contributed by atoms with Crippen LogP contribution in [0.25, 0.3) is 27.8 Å². The van der Waals surface area contributed by atoms with Gasteiger partial charge in [-0.3, -0.25) is 24.1 Å². The van der Waals surface area contributed by atoms with Crippen LogP contribution in [0.15, 0.2) is 70.4 Å². The fraction of sp³-hybridized carbons (Fsp3) is 0.459. The number of halogens is 1. The first-order valence-corrected chi connectivity index (χ1v) is 17.2. The lowest BCUT2D eigenvalue weighted by Crippen LogP contribution is -2.72. The molecule has 0 radical (unpaired) electrons. The Labute approximate surface area is 278 Å². The fourth-order valence-corrected chi connectivity index (χ4v) is 8.23. The fourth-order valence-electron chi connectivity index (χ4n) is 8.23. The van der Waals surface area contributed by atoms with Gasteiger partial charge in [0, 0.05) is 32.3 Å². The van der Waals surface area contributed by atoms with Crippen molar-refractivity contribution in [2.45, 2.75) is 75.5 Å². The van der Waals surface area contributed by atoms with Gasteiger partial charge in [0.05, 0.1) is 17.3 Å². The molecule has 2 aliphatic heterocycles. The number of nitrogens with zero attached hydrogens (tertiary/aromatic N) is 6. The van der Waals surface area contributed by atoms with Gasteiger partial charge in [0.2, 0.25) is 0 Å². The molecule has 4 aromatic rings. The van der Waals surface area contributed by atoms with Crippen LogP contribution in [0.2, 0.25) is 0 Å². The summed E-state index contributed by atoms with van der Waals surface area (Å²) >= 11 is 0. The summed E-state index contributed by atoms with van der Waals surface area (Å²) in [5.41, 5.74) is 2.45. The van der Waals surface area contributed by atoms with Gasteiger partial charge in [-0.05, 0) is 105 Å². The molecule has 2 aromatic carbocycles. The van der Waals surface area contributed by atoms with Gasteiger partial charge in [-0.2, -0.15) is 0 Å². The molecule has 2 aliphatic carbocycles. The van der Waals surface area contributed by atoms with E-state index < -0.39 is 17.1 Å². The van der Waals surface area contributed by atoms with Crippen molar-refractivity contribution in [2.75, 3.05) is 26.7 Å². The molecular formula is C37H41FN6O4. The highest BCUT2D eigenvalue weighted by Crippen LogP contribution is 2.52. The normalized spacial score (nSPS) is 23.1. The molecule has 0 bridgehead atoms. The van der Waals surface area contributed by atoms with Crippen LogP contribution >= 0.6 is 0 Å². The number of carbonyl (C=O) groups is 1. The number of carbonyl (C=O) groups excluding carboxylic acids is 1. The van der Waals surface area contributed by atoms with Gasteiger partial charge in [-0.15, -0.1) is 0 Å². The highest BCUT2D eigenvalue weighted by molar-refractivity contribution is 5.94. The molecule has 4 fully saturated rings. The van der Waals surface area contributed by atoms with E-state index in [-0.39, 0.29) is 41.2 Å². The quantitative estimate of drug-likeness (QED) is 0.318. The summed E-state index contributed by atoms with van der Waals surface area (Å²) in [4.78, 5) is 47.6. The zero-order chi connectivity index (χ0) is 33.2. The largest absolute Gasteiger partial charge is 0.396 e.